The summed E-state index contributed by atoms with van der Waals surface area (Å²) in [6.07, 6.45) is -0.409. The average Bonchev–Trinajstić information content (AvgIpc) is 3.30. The zero-order valence-corrected chi connectivity index (χ0v) is 20.9. The second-order valence-corrected chi connectivity index (χ2v) is 10.3. The van der Waals surface area contributed by atoms with Crippen molar-refractivity contribution in [1.29, 1.82) is 0 Å². The highest BCUT2D eigenvalue weighted by atomic mass is 16.4. The van der Waals surface area contributed by atoms with E-state index in [9.17, 15) is 14.7 Å². The Hall–Kier alpha value is -3.85. The van der Waals surface area contributed by atoms with E-state index < -0.39 is 11.7 Å². The van der Waals surface area contributed by atoms with Crippen molar-refractivity contribution in [3.63, 3.8) is 0 Å². The number of aryl methyl sites for hydroxylation is 1. The highest BCUT2D eigenvalue weighted by Gasteiger charge is 2.28. The molecule has 36 heavy (non-hydrogen) atoms. The second-order valence-electron chi connectivity index (χ2n) is 10.3. The van der Waals surface area contributed by atoms with Crippen molar-refractivity contribution in [2.24, 2.45) is 7.05 Å². The highest BCUT2D eigenvalue weighted by molar-refractivity contribution is 6.00. The molecule has 2 aromatic heterocycles. The fraction of sp³-hybridized carbons (Fsp3) is 0.370. The van der Waals surface area contributed by atoms with Crippen LogP contribution < -0.4 is 5.32 Å². The molecule has 0 aliphatic carbocycles. The normalized spacial score (nSPS) is 14.9. The van der Waals surface area contributed by atoms with Crippen molar-refractivity contribution in [2.75, 3.05) is 13.1 Å². The van der Waals surface area contributed by atoms with Gasteiger partial charge in [0.15, 0.2) is 5.82 Å². The number of imidazole rings is 1. The van der Waals surface area contributed by atoms with Gasteiger partial charge in [-0.1, -0.05) is 18.2 Å². The molecule has 1 aliphatic rings. The summed E-state index contributed by atoms with van der Waals surface area (Å²) in [7, 11) is 1.97. The van der Waals surface area contributed by atoms with Crippen LogP contribution >= 0.6 is 0 Å². The van der Waals surface area contributed by atoms with E-state index in [1.165, 1.54) is 0 Å². The monoisotopic (exact) mass is 489 g/mol. The molecule has 1 aliphatic heterocycles. The van der Waals surface area contributed by atoms with Crippen LogP contribution in [-0.4, -0.2) is 66.0 Å². The van der Waals surface area contributed by atoms with Gasteiger partial charge in [0, 0.05) is 42.6 Å². The molecule has 0 saturated heterocycles. The van der Waals surface area contributed by atoms with Gasteiger partial charge in [-0.25, -0.2) is 9.78 Å². The fourth-order valence-electron chi connectivity index (χ4n) is 5.16. The first-order valence-electron chi connectivity index (χ1n) is 12.1. The number of carboxylic acid groups (broad SMARTS) is 1. The minimum absolute atomic E-state index is 0.111. The molecule has 2 aromatic carbocycles. The summed E-state index contributed by atoms with van der Waals surface area (Å²) in [6, 6.07) is 13.7. The number of aromatic nitrogens is 3. The van der Waals surface area contributed by atoms with E-state index in [0.29, 0.717) is 31.6 Å². The molecule has 0 radical (unpaired) electrons. The van der Waals surface area contributed by atoms with Crippen molar-refractivity contribution < 1.29 is 19.8 Å². The smallest absolute Gasteiger partial charge is 0.404 e. The number of carbonyl (C=O) groups is 2. The van der Waals surface area contributed by atoms with Crippen molar-refractivity contribution in [3.8, 4) is 11.5 Å². The van der Waals surface area contributed by atoms with Gasteiger partial charge in [-0.05, 0) is 57.0 Å². The van der Waals surface area contributed by atoms with Crippen LogP contribution in [0.4, 0.5) is 4.79 Å². The number of hydrogen-bond donors (Lipinski definition) is 3. The highest BCUT2D eigenvalue weighted by Crippen LogP contribution is 2.33. The summed E-state index contributed by atoms with van der Waals surface area (Å²) in [4.78, 5) is 30.8. The molecule has 0 bridgehead atoms. The van der Waals surface area contributed by atoms with Crippen LogP contribution in [0.5, 0.6) is 0 Å². The van der Waals surface area contributed by atoms with Crippen LogP contribution in [0.25, 0.3) is 33.5 Å². The Bertz CT molecular complexity index is 1490. The molecule has 9 heteroatoms. The maximum absolute atomic E-state index is 13.3. The Labute approximate surface area is 209 Å². The van der Waals surface area contributed by atoms with E-state index in [1.807, 2.05) is 41.9 Å². The zero-order valence-electron chi connectivity index (χ0n) is 20.9. The summed E-state index contributed by atoms with van der Waals surface area (Å²) >= 11 is 0. The van der Waals surface area contributed by atoms with Crippen LogP contribution in [0, 0.1) is 0 Å². The van der Waals surface area contributed by atoms with E-state index >= 15 is 0 Å². The summed E-state index contributed by atoms with van der Waals surface area (Å²) in [5.74, 6) is 0.650. The van der Waals surface area contributed by atoms with Gasteiger partial charge in [-0.2, -0.15) is 0 Å². The van der Waals surface area contributed by atoms with Gasteiger partial charge in [-0.15, -0.1) is 0 Å². The molecule has 5 rings (SSSR count). The van der Waals surface area contributed by atoms with Crippen molar-refractivity contribution in [2.45, 2.75) is 45.4 Å². The van der Waals surface area contributed by atoms with Gasteiger partial charge < -0.3 is 29.6 Å². The molecular weight excluding hydrogens is 458 g/mol. The first kappa shape index (κ1) is 23.9. The Morgan fingerprint density at radius 3 is 2.67 bits per heavy atom. The largest absolute Gasteiger partial charge is 0.465 e. The zero-order chi connectivity index (χ0) is 25.8. The Kier molecular flexibility index (Phi) is 5.75. The third kappa shape index (κ3) is 4.30. The number of aliphatic hydroxyl groups is 1. The average molecular weight is 490 g/mol. The summed E-state index contributed by atoms with van der Waals surface area (Å²) in [6.45, 7) is 6.58. The molecule has 0 fully saturated rings. The number of benzene rings is 2. The van der Waals surface area contributed by atoms with Crippen LogP contribution in [0.3, 0.4) is 0 Å². The van der Waals surface area contributed by atoms with E-state index in [1.54, 1.807) is 25.7 Å². The Balaban J connectivity index is 1.56. The molecule has 0 spiro atoms. The molecule has 0 unspecified atom stereocenters. The SMILES string of the molecule is C[C@H](CN1CCc2cc3c(cc2C1=O)nc(-c1cc2ccccc2n1CC(C)(C)O)n3C)NC(=O)O. The lowest BCUT2D eigenvalue weighted by molar-refractivity contribution is 0.0632. The van der Waals surface area contributed by atoms with Gasteiger partial charge in [0.05, 0.1) is 28.9 Å². The number of hydrogen-bond acceptors (Lipinski definition) is 4. The molecule has 9 nitrogen and oxygen atoms in total. The van der Waals surface area contributed by atoms with Crippen molar-refractivity contribution in [1.82, 2.24) is 24.3 Å². The summed E-state index contributed by atoms with van der Waals surface area (Å²) < 4.78 is 4.14. The van der Waals surface area contributed by atoms with E-state index in [2.05, 4.69) is 22.0 Å². The molecule has 1 atom stereocenters. The van der Waals surface area contributed by atoms with E-state index in [-0.39, 0.29) is 11.9 Å². The third-order valence-corrected chi connectivity index (χ3v) is 6.72. The Morgan fingerprint density at radius 1 is 1.19 bits per heavy atom. The predicted octanol–water partition coefficient (Wildman–Crippen LogP) is 3.62. The minimum Gasteiger partial charge on any atom is -0.465 e. The van der Waals surface area contributed by atoms with Crippen LogP contribution in [-0.2, 0) is 20.0 Å². The second kappa shape index (κ2) is 8.67. The van der Waals surface area contributed by atoms with Gasteiger partial charge in [0.2, 0.25) is 0 Å². The van der Waals surface area contributed by atoms with Crippen LogP contribution in [0.1, 0.15) is 36.7 Å². The summed E-state index contributed by atoms with van der Waals surface area (Å²) in [5, 5.41) is 23.1. The standard InChI is InChI=1S/C27H31N5O4/c1-16(28-26(34)35)14-31-10-9-17-11-22-20(13-19(17)25(31)33)29-24(30(22)4)23-12-18-7-5-6-8-21(18)32(23)15-27(2,3)36/h5-8,11-13,16,28,36H,9-10,14-15H2,1-4H3,(H,34,35)/t16-/m1/s1. The molecule has 188 valence electrons. The Morgan fingerprint density at radius 2 is 1.94 bits per heavy atom. The number of carbonyl (C=O) groups excluding carboxylic acids is 1. The number of amides is 2. The maximum atomic E-state index is 13.3. The lowest BCUT2D eigenvalue weighted by Gasteiger charge is -2.30. The molecular formula is C27H31N5O4. The minimum atomic E-state index is -1.10. The quantitative estimate of drug-likeness (QED) is 0.383. The molecule has 2 amide bonds. The van der Waals surface area contributed by atoms with Gasteiger partial charge in [0.1, 0.15) is 0 Å². The van der Waals surface area contributed by atoms with Gasteiger partial charge in [0.25, 0.3) is 5.91 Å². The molecule has 0 saturated carbocycles. The number of nitrogens with one attached hydrogen (secondary N) is 1. The number of para-hydroxylation sites is 1. The number of nitrogens with zero attached hydrogens (tertiary/aromatic N) is 4. The molecule has 4 aromatic rings. The third-order valence-electron chi connectivity index (χ3n) is 6.72. The van der Waals surface area contributed by atoms with Crippen molar-refractivity contribution in [3.05, 3.63) is 53.6 Å². The first-order valence-corrected chi connectivity index (χ1v) is 12.1. The summed E-state index contributed by atoms with van der Waals surface area (Å²) in [5.41, 5.74) is 4.24. The fourth-order valence-corrected chi connectivity index (χ4v) is 5.16. The van der Waals surface area contributed by atoms with Crippen LogP contribution in [0.15, 0.2) is 42.5 Å². The maximum Gasteiger partial charge on any atom is 0.404 e. The lowest BCUT2D eigenvalue weighted by Crippen LogP contribution is -2.46. The lowest BCUT2D eigenvalue weighted by atomic mass is 9.97. The molecule has 3 heterocycles. The van der Waals surface area contributed by atoms with Gasteiger partial charge >= 0.3 is 6.09 Å². The van der Waals surface area contributed by atoms with Crippen LogP contribution in [0.2, 0.25) is 0 Å². The number of fused-ring (bicyclic) bond motifs is 3. The number of rotatable bonds is 6. The van der Waals surface area contributed by atoms with Crippen molar-refractivity contribution >= 4 is 33.9 Å². The topological polar surface area (TPSA) is 113 Å². The molecule has 3 N–H and O–H groups in total. The van der Waals surface area contributed by atoms with E-state index in [4.69, 9.17) is 10.1 Å². The predicted molar refractivity (Wildman–Crippen MR) is 138 cm³/mol. The van der Waals surface area contributed by atoms with Gasteiger partial charge in [-0.3, -0.25) is 4.79 Å². The van der Waals surface area contributed by atoms with E-state index in [0.717, 1.165) is 39.0 Å². The first-order chi connectivity index (χ1) is 17.0.